The largest absolute Gasteiger partial charge is 0.416 e. The molecule has 3 rings (SSSR count). The maximum absolute atomic E-state index is 12.7. The quantitative estimate of drug-likeness (QED) is 0.572. The van der Waals surface area contributed by atoms with Gasteiger partial charge in [-0.2, -0.15) is 13.2 Å². The van der Waals surface area contributed by atoms with Gasteiger partial charge >= 0.3 is 6.18 Å². The summed E-state index contributed by atoms with van der Waals surface area (Å²) in [5.41, 5.74) is 0.394. The summed E-state index contributed by atoms with van der Waals surface area (Å²) in [6.45, 7) is 0.290. The predicted molar refractivity (Wildman–Crippen MR) is 112 cm³/mol. The Morgan fingerprint density at radius 3 is 2.34 bits per heavy atom. The zero-order valence-corrected chi connectivity index (χ0v) is 17.6. The summed E-state index contributed by atoms with van der Waals surface area (Å²) in [5, 5.41) is 22.8. The maximum atomic E-state index is 12.7. The van der Waals surface area contributed by atoms with Gasteiger partial charge in [-0.05, 0) is 43.3 Å². The fourth-order valence-corrected chi connectivity index (χ4v) is 3.89. The monoisotopic (exact) mass is 452 g/mol. The third kappa shape index (κ3) is 5.86. The van der Waals surface area contributed by atoms with Crippen molar-refractivity contribution < 1.29 is 32.9 Å². The van der Waals surface area contributed by atoms with E-state index < -0.39 is 42.0 Å². The molecule has 0 bridgehead atoms. The smallest absolute Gasteiger partial charge is 0.394 e. The topological polar surface area (TPSA) is 82.0 Å². The lowest BCUT2D eigenvalue weighted by Gasteiger charge is -2.30. The average molecular weight is 452 g/mol. The van der Waals surface area contributed by atoms with E-state index in [1.807, 2.05) is 42.3 Å². The Kier molecular flexibility index (Phi) is 7.89. The number of alkyl halides is 3. The maximum Gasteiger partial charge on any atom is 0.416 e. The number of ether oxygens (including phenoxy) is 1. The SMILES string of the molecule is CN(CCc1ccccc1)[C@@H]1[C@H](O)[C@H](CO)O[C@@H]1CNC(=O)c1ccc(C(F)(F)F)cc1. The molecule has 1 aliphatic rings. The highest BCUT2D eigenvalue weighted by Crippen LogP contribution is 2.29. The number of hydrogen-bond donors (Lipinski definition) is 3. The first kappa shape index (κ1) is 24.2. The molecular formula is C23H27F3N2O4. The fourth-order valence-electron chi connectivity index (χ4n) is 3.89. The number of halogens is 3. The van der Waals surface area contributed by atoms with Crippen LogP contribution in [0, 0.1) is 0 Å². The van der Waals surface area contributed by atoms with E-state index in [9.17, 15) is 28.2 Å². The number of rotatable bonds is 8. The van der Waals surface area contributed by atoms with Gasteiger partial charge in [0.05, 0.1) is 24.3 Å². The van der Waals surface area contributed by atoms with Crippen molar-refractivity contribution in [2.75, 3.05) is 26.7 Å². The molecule has 9 heteroatoms. The standard InChI is InChI=1S/C23H27F3N2O4/c1-28(12-11-15-5-3-2-4-6-15)20-18(32-19(14-29)21(20)30)13-27-22(31)16-7-9-17(10-8-16)23(24,25)26/h2-10,18-21,29-30H,11-14H2,1H3,(H,27,31)/t18-,19+,20+,21-/m1/s1. The molecule has 2 aromatic carbocycles. The van der Waals surface area contributed by atoms with Gasteiger partial charge in [0.15, 0.2) is 0 Å². The van der Waals surface area contributed by atoms with E-state index in [1.165, 1.54) is 0 Å². The lowest BCUT2D eigenvalue weighted by atomic mass is 10.0. The molecule has 1 heterocycles. The van der Waals surface area contributed by atoms with E-state index in [0.717, 1.165) is 36.2 Å². The molecule has 0 saturated carbocycles. The lowest BCUT2D eigenvalue weighted by molar-refractivity contribution is -0.137. The van der Waals surface area contributed by atoms with Gasteiger partial charge in [-0.3, -0.25) is 9.69 Å². The molecule has 4 atom stereocenters. The third-order valence-electron chi connectivity index (χ3n) is 5.68. The Hall–Kier alpha value is -2.46. The van der Waals surface area contributed by atoms with Crippen LogP contribution in [0.2, 0.25) is 0 Å². The lowest BCUT2D eigenvalue weighted by Crippen LogP contribution is -2.50. The third-order valence-corrected chi connectivity index (χ3v) is 5.68. The Morgan fingerprint density at radius 2 is 1.75 bits per heavy atom. The second-order valence-electron chi connectivity index (χ2n) is 7.88. The number of nitrogens with one attached hydrogen (secondary N) is 1. The normalized spacial score (nSPS) is 23.5. The van der Waals surface area contributed by atoms with Crippen LogP contribution in [0.15, 0.2) is 54.6 Å². The van der Waals surface area contributed by atoms with Gasteiger partial charge in [0.1, 0.15) is 12.2 Å². The van der Waals surface area contributed by atoms with Crippen molar-refractivity contribution in [3.05, 3.63) is 71.3 Å². The second kappa shape index (κ2) is 10.4. The van der Waals surface area contributed by atoms with Gasteiger partial charge in [-0.25, -0.2) is 0 Å². The highest BCUT2D eigenvalue weighted by atomic mass is 19.4. The van der Waals surface area contributed by atoms with Gasteiger partial charge in [-0.1, -0.05) is 30.3 Å². The van der Waals surface area contributed by atoms with Gasteiger partial charge in [0.25, 0.3) is 5.91 Å². The van der Waals surface area contributed by atoms with Crippen LogP contribution in [0.25, 0.3) is 0 Å². The summed E-state index contributed by atoms with van der Waals surface area (Å²) >= 11 is 0. The zero-order chi connectivity index (χ0) is 23.3. The van der Waals surface area contributed by atoms with Crippen LogP contribution in [0.1, 0.15) is 21.5 Å². The highest BCUT2D eigenvalue weighted by molar-refractivity contribution is 5.94. The Bertz CT molecular complexity index is 877. The minimum Gasteiger partial charge on any atom is -0.394 e. The van der Waals surface area contributed by atoms with Crippen molar-refractivity contribution in [3.63, 3.8) is 0 Å². The van der Waals surface area contributed by atoms with Crippen LogP contribution in [0.3, 0.4) is 0 Å². The summed E-state index contributed by atoms with van der Waals surface area (Å²) in [7, 11) is 1.84. The Labute approximate surface area is 184 Å². The van der Waals surface area contributed by atoms with Crippen LogP contribution < -0.4 is 5.32 Å². The first-order chi connectivity index (χ1) is 15.2. The summed E-state index contributed by atoms with van der Waals surface area (Å²) in [4.78, 5) is 14.3. The molecule has 0 aromatic heterocycles. The van der Waals surface area contributed by atoms with Crippen molar-refractivity contribution >= 4 is 5.91 Å². The van der Waals surface area contributed by atoms with E-state index in [2.05, 4.69) is 5.32 Å². The Balaban J connectivity index is 1.61. The molecule has 2 aromatic rings. The molecular weight excluding hydrogens is 425 g/mol. The number of likely N-dealkylation sites (N-methyl/N-ethyl adjacent to an activating group) is 1. The van der Waals surface area contributed by atoms with Gasteiger partial charge in [-0.15, -0.1) is 0 Å². The highest BCUT2D eigenvalue weighted by Gasteiger charge is 2.45. The molecule has 0 spiro atoms. The minimum atomic E-state index is -4.47. The molecule has 1 fully saturated rings. The van der Waals surface area contributed by atoms with Crippen molar-refractivity contribution in [1.82, 2.24) is 10.2 Å². The second-order valence-corrected chi connectivity index (χ2v) is 7.88. The van der Waals surface area contributed by atoms with Crippen LogP contribution >= 0.6 is 0 Å². The molecule has 0 radical (unpaired) electrons. The number of aliphatic hydroxyl groups excluding tert-OH is 2. The molecule has 0 aliphatic carbocycles. The van der Waals surface area contributed by atoms with Crippen molar-refractivity contribution in [2.45, 2.75) is 37.0 Å². The number of amides is 1. The summed E-state index contributed by atoms with van der Waals surface area (Å²) in [6.07, 6.45) is -6.06. The van der Waals surface area contributed by atoms with E-state index in [4.69, 9.17) is 4.74 Å². The molecule has 3 N–H and O–H groups in total. The number of benzene rings is 2. The Morgan fingerprint density at radius 1 is 1.09 bits per heavy atom. The number of carbonyl (C=O) groups excluding carboxylic acids is 1. The van der Waals surface area contributed by atoms with Crippen LogP contribution in [-0.2, 0) is 17.3 Å². The molecule has 0 unspecified atom stereocenters. The predicted octanol–water partition coefficient (Wildman–Crippen LogP) is 2.10. The minimum absolute atomic E-state index is 0.0355. The van der Waals surface area contributed by atoms with Crippen molar-refractivity contribution in [1.29, 1.82) is 0 Å². The van der Waals surface area contributed by atoms with Crippen LogP contribution in [0.4, 0.5) is 13.2 Å². The summed E-state index contributed by atoms with van der Waals surface area (Å²) < 4.78 is 43.9. The van der Waals surface area contributed by atoms with E-state index >= 15 is 0 Å². The average Bonchev–Trinajstić information content (AvgIpc) is 3.11. The van der Waals surface area contributed by atoms with E-state index in [0.29, 0.717) is 6.54 Å². The first-order valence-electron chi connectivity index (χ1n) is 10.3. The number of carbonyl (C=O) groups is 1. The number of hydrogen-bond acceptors (Lipinski definition) is 5. The molecule has 6 nitrogen and oxygen atoms in total. The summed E-state index contributed by atoms with van der Waals surface area (Å²) in [6, 6.07) is 13.3. The zero-order valence-electron chi connectivity index (χ0n) is 17.6. The molecule has 1 saturated heterocycles. The number of nitrogens with zero attached hydrogens (tertiary/aromatic N) is 1. The van der Waals surface area contributed by atoms with Gasteiger partial charge in [0.2, 0.25) is 0 Å². The first-order valence-corrected chi connectivity index (χ1v) is 10.3. The number of aliphatic hydroxyl groups is 2. The molecule has 1 aliphatic heterocycles. The van der Waals surface area contributed by atoms with Crippen LogP contribution in [0.5, 0.6) is 0 Å². The van der Waals surface area contributed by atoms with Crippen molar-refractivity contribution in [3.8, 4) is 0 Å². The van der Waals surface area contributed by atoms with E-state index in [1.54, 1.807) is 0 Å². The molecule has 1 amide bonds. The molecule has 174 valence electrons. The summed E-state index contributed by atoms with van der Waals surface area (Å²) in [5.74, 6) is -0.546. The fraction of sp³-hybridized carbons (Fsp3) is 0.435. The molecule has 32 heavy (non-hydrogen) atoms. The van der Waals surface area contributed by atoms with Gasteiger partial charge in [0, 0.05) is 18.7 Å². The van der Waals surface area contributed by atoms with E-state index in [-0.39, 0.29) is 18.7 Å². The van der Waals surface area contributed by atoms with Gasteiger partial charge < -0.3 is 20.3 Å². The van der Waals surface area contributed by atoms with Crippen molar-refractivity contribution in [2.24, 2.45) is 0 Å². The van der Waals surface area contributed by atoms with Crippen LogP contribution in [-0.4, -0.2) is 72.1 Å².